The van der Waals surface area contributed by atoms with Gasteiger partial charge in [0.05, 0.1) is 12.5 Å². The molecule has 1 atom stereocenters. The van der Waals surface area contributed by atoms with Gasteiger partial charge in [0.15, 0.2) is 6.29 Å². The minimum absolute atomic E-state index is 0.119. The van der Waals surface area contributed by atoms with E-state index < -0.39 is 6.29 Å². The third-order valence-electron chi connectivity index (χ3n) is 3.76. The molecule has 0 aromatic carbocycles. The maximum Gasteiger partial charge on any atom is 0.333 e. The summed E-state index contributed by atoms with van der Waals surface area (Å²) in [6, 6.07) is 0. The Morgan fingerprint density at radius 2 is 1.86 bits per heavy atom. The van der Waals surface area contributed by atoms with Crippen LogP contribution in [0.25, 0.3) is 0 Å². The minimum Gasteiger partial charge on any atom is -0.459 e. The molecule has 5 heteroatoms. The summed E-state index contributed by atoms with van der Waals surface area (Å²) in [7, 11) is 0. The van der Waals surface area contributed by atoms with Crippen LogP contribution in [0.15, 0.2) is 12.2 Å². The normalized spacial score (nSPS) is 22.7. The van der Waals surface area contributed by atoms with Crippen molar-refractivity contribution in [2.45, 2.75) is 71.7 Å². The molecule has 1 rings (SSSR count). The fourth-order valence-electron chi connectivity index (χ4n) is 2.36. The zero-order valence-corrected chi connectivity index (χ0v) is 13.9. The Balaban J connectivity index is 2.27. The monoisotopic (exact) mass is 312 g/mol. The highest BCUT2D eigenvalue weighted by Gasteiger charge is 2.30. The molecule has 0 spiro atoms. The summed E-state index contributed by atoms with van der Waals surface area (Å²) in [4.78, 5) is 23.5. The Morgan fingerprint density at radius 1 is 1.23 bits per heavy atom. The molecule has 0 heterocycles. The number of rotatable bonds is 8. The molecule has 1 aliphatic carbocycles. The van der Waals surface area contributed by atoms with Crippen LogP contribution in [0.4, 0.5) is 0 Å². The lowest BCUT2D eigenvalue weighted by molar-refractivity contribution is -0.181. The van der Waals surface area contributed by atoms with E-state index in [1.807, 2.05) is 0 Å². The van der Waals surface area contributed by atoms with Gasteiger partial charge in [0.25, 0.3) is 0 Å². The third-order valence-corrected chi connectivity index (χ3v) is 3.76. The molecule has 5 nitrogen and oxygen atoms in total. The van der Waals surface area contributed by atoms with Crippen molar-refractivity contribution in [2.75, 3.05) is 6.61 Å². The molecular formula is C17H28O5. The van der Waals surface area contributed by atoms with E-state index in [-0.39, 0.29) is 24.0 Å². The second kappa shape index (κ2) is 9.62. The number of hydrogen-bond donors (Lipinski definition) is 0. The van der Waals surface area contributed by atoms with Crippen molar-refractivity contribution >= 4 is 11.9 Å². The van der Waals surface area contributed by atoms with E-state index in [4.69, 9.17) is 14.2 Å². The molecule has 126 valence electrons. The minimum atomic E-state index is -0.502. The summed E-state index contributed by atoms with van der Waals surface area (Å²) in [5, 5.41) is 0. The molecule has 0 aromatic heterocycles. The maximum absolute atomic E-state index is 12.1. The molecule has 1 fully saturated rings. The van der Waals surface area contributed by atoms with Gasteiger partial charge in [-0.25, -0.2) is 4.79 Å². The highest BCUT2D eigenvalue weighted by molar-refractivity contribution is 5.87. The van der Waals surface area contributed by atoms with Crippen LogP contribution < -0.4 is 0 Å². The first kappa shape index (κ1) is 18.7. The van der Waals surface area contributed by atoms with Gasteiger partial charge >= 0.3 is 11.9 Å². The van der Waals surface area contributed by atoms with Gasteiger partial charge in [0.2, 0.25) is 0 Å². The quantitative estimate of drug-likeness (QED) is 0.298. The van der Waals surface area contributed by atoms with Crippen LogP contribution in [0.3, 0.4) is 0 Å². The predicted octanol–water partition coefficient (Wildman–Crippen LogP) is 3.37. The van der Waals surface area contributed by atoms with Gasteiger partial charge in [0, 0.05) is 5.57 Å². The Hall–Kier alpha value is -1.36. The summed E-state index contributed by atoms with van der Waals surface area (Å²) in [6.07, 6.45) is 4.11. The summed E-state index contributed by atoms with van der Waals surface area (Å²) < 4.78 is 16.0. The summed E-state index contributed by atoms with van der Waals surface area (Å²) in [5.41, 5.74) is 0.402. The summed E-state index contributed by atoms with van der Waals surface area (Å²) in [6.45, 7) is 9.63. The smallest absolute Gasteiger partial charge is 0.333 e. The van der Waals surface area contributed by atoms with Crippen LogP contribution in [0.5, 0.6) is 0 Å². The van der Waals surface area contributed by atoms with Gasteiger partial charge in [-0.1, -0.05) is 19.9 Å². The SMILES string of the molecule is C=C(C)C(=O)OC1CCC(C(=O)OC(C)OCCCC)CC1. The number of hydrogen-bond acceptors (Lipinski definition) is 5. The van der Waals surface area contributed by atoms with Crippen LogP contribution >= 0.6 is 0 Å². The van der Waals surface area contributed by atoms with E-state index in [9.17, 15) is 9.59 Å². The molecule has 0 bridgehead atoms. The van der Waals surface area contributed by atoms with Crippen LogP contribution in [0.2, 0.25) is 0 Å². The number of ether oxygens (including phenoxy) is 3. The molecule has 0 aliphatic heterocycles. The topological polar surface area (TPSA) is 61.8 Å². The van der Waals surface area contributed by atoms with Crippen molar-refractivity contribution in [3.05, 3.63) is 12.2 Å². The number of carbonyl (C=O) groups is 2. The maximum atomic E-state index is 12.1. The zero-order chi connectivity index (χ0) is 16.5. The number of unbranched alkanes of at least 4 members (excludes halogenated alkanes) is 1. The lowest BCUT2D eigenvalue weighted by Crippen LogP contribution is -2.31. The zero-order valence-electron chi connectivity index (χ0n) is 13.9. The number of carbonyl (C=O) groups excluding carboxylic acids is 2. The van der Waals surface area contributed by atoms with E-state index in [0.717, 1.165) is 12.8 Å². The number of esters is 2. The Morgan fingerprint density at radius 3 is 2.41 bits per heavy atom. The van der Waals surface area contributed by atoms with Gasteiger partial charge < -0.3 is 14.2 Å². The van der Waals surface area contributed by atoms with Crippen LogP contribution in [-0.2, 0) is 23.8 Å². The van der Waals surface area contributed by atoms with E-state index in [0.29, 0.717) is 37.9 Å². The van der Waals surface area contributed by atoms with Crippen molar-refractivity contribution in [1.82, 2.24) is 0 Å². The molecule has 1 aliphatic rings. The van der Waals surface area contributed by atoms with Crippen LogP contribution in [0, 0.1) is 5.92 Å². The molecule has 0 N–H and O–H groups in total. The molecule has 0 saturated heterocycles. The predicted molar refractivity (Wildman–Crippen MR) is 83.1 cm³/mol. The van der Waals surface area contributed by atoms with Crippen LogP contribution in [0.1, 0.15) is 59.3 Å². The Labute approximate surface area is 133 Å². The van der Waals surface area contributed by atoms with Gasteiger partial charge in [-0.05, 0) is 46.0 Å². The molecule has 0 amide bonds. The molecule has 1 unspecified atom stereocenters. The summed E-state index contributed by atoms with van der Waals surface area (Å²) in [5.74, 6) is -0.699. The van der Waals surface area contributed by atoms with Crippen molar-refractivity contribution in [1.29, 1.82) is 0 Å². The molecular weight excluding hydrogens is 284 g/mol. The van der Waals surface area contributed by atoms with E-state index >= 15 is 0 Å². The standard InChI is InChI=1S/C17H28O5/c1-5-6-11-20-13(4)21-17(19)14-7-9-15(10-8-14)22-16(18)12(2)3/h13-15H,2,5-11H2,1,3-4H3. The van der Waals surface area contributed by atoms with Gasteiger partial charge in [-0.15, -0.1) is 0 Å². The summed E-state index contributed by atoms with van der Waals surface area (Å²) >= 11 is 0. The molecule has 0 aromatic rings. The fourth-order valence-corrected chi connectivity index (χ4v) is 2.36. The molecule has 1 saturated carbocycles. The third kappa shape index (κ3) is 6.60. The average molecular weight is 312 g/mol. The van der Waals surface area contributed by atoms with Gasteiger partial charge in [-0.3, -0.25) is 4.79 Å². The first-order chi connectivity index (χ1) is 10.4. The second-order valence-corrected chi connectivity index (χ2v) is 5.89. The Bertz CT molecular complexity index is 383. The highest BCUT2D eigenvalue weighted by atomic mass is 16.7. The highest BCUT2D eigenvalue weighted by Crippen LogP contribution is 2.28. The molecule has 22 heavy (non-hydrogen) atoms. The second-order valence-electron chi connectivity index (χ2n) is 5.89. The average Bonchev–Trinajstić information content (AvgIpc) is 2.48. The first-order valence-corrected chi connectivity index (χ1v) is 8.12. The lowest BCUT2D eigenvalue weighted by Gasteiger charge is -2.28. The van der Waals surface area contributed by atoms with Crippen molar-refractivity contribution < 1.29 is 23.8 Å². The largest absolute Gasteiger partial charge is 0.459 e. The van der Waals surface area contributed by atoms with Crippen molar-refractivity contribution in [3.8, 4) is 0 Å². The van der Waals surface area contributed by atoms with Crippen LogP contribution in [-0.4, -0.2) is 30.9 Å². The van der Waals surface area contributed by atoms with Crippen molar-refractivity contribution in [3.63, 3.8) is 0 Å². The van der Waals surface area contributed by atoms with E-state index in [2.05, 4.69) is 13.5 Å². The lowest BCUT2D eigenvalue weighted by atomic mass is 9.87. The first-order valence-electron chi connectivity index (χ1n) is 8.12. The molecule has 0 radical (unpaired) electrons. The van der Waals surface area contributed by atoms with Gasteiger partial charge in [0.1, 0.15) is 6.10 Å². The van der Waals surface area contributed by atoms with Crippen molar-refractivity contribution in [2.24, 2.45) is 5.92 Å². The van der Waals surface area contributed by atoms with E-state index in [1.165, 1.54) is 0 Å². The fraction of sp³-hybridized carbons (Fsp3) is 0.765. The van der Waals surface area contributed by atoms with Gasteiger partial charge in [-0.2, -0.15) is 0 Å². The Kier molecular flexibility index (Phi) is 8.17. The van der Waals surface area contributed by atoms with E-state index in [1.54, 1.807) is 13.8 Å².